The van der Waals surface area contributed by atoms with Crippen molar-refractivity contribution < 1.29 is 9.53 Å². The summed E-state index contributed by atoms with van der Waals surface area (Å²) in [5.74, 6) is 4.72. The molecule has 0 amide bonds. The van der Waals surface area contributed by atoms with E-state index >= 15 is 0 Å². The Morgan fingerprint density at radius 2 is 2.50 bits per heavy atom. The maximum absolute atomic E-state index is 10.9. The summed E-state index contributed by atoms with van der Waals surface area (Å²) in [7, 11) is 0. The third-order valence-corrected chi connectivity index (χ3v) is 1.19. The number of nitrogens with two attached hydrogens (primary N) is 1. The van der Waals surface area contributed by atoms with Gasteiger partial charge in [-0.05, 0) is 12.5 Å². The van der Waals surface area contributed by atoms with Crippen LogP contribution in [0.2, 0.25) is 0 Å². The van der Waals surface area contributed by atoms with E-state index in [-0.39, 0.29) is 18.9 Å². The predicted molar refractivity (Wildman–Crippen MR) is 51.0 cm³/mol. The Morgan fingerprint density at radius 1 is 1.79 bits per heavy atom. The van der Waals surface area contributed by atoms with Crippen molar-refractivity contribution in [2.24, 2.45) is 10.8 Å². The number of rotatable bonds is 4. The first-order valence-corrected chi connectivity index (χ1v) is 4.11. The van der Waals surface area contributed by atoms with E-state index in [1.165, 1.54) is 0 Å². The molecule has 6 heteroatoms. The van der Waals surface area contributed by atoms with Gasteiger partial charge in [-0.2, -0.15) is 0 Å². The minimum Gasteiger partial charge on any atom is -0.466 e. The predicted octanol–water partition coefficient (Wildman–Crippen LogP) is 0.581. The lowest BCUT2D eigenvalue weighted by Gasteiger charge is -2.02. The molecule has 1 atom stereocenters. The summed E-state index contributed by atoms with van der Waals surface area (Å²) in [6, 6.07) is -0.567. The van der Waals surface area contributed by atoms with E-state index in [9.17, 15) is 4.79 Å². The molecule has 0 aromatic carbocycles. The van der Waals surface area contributed by atoms with Gasteiger partial charge in [-0.25, -0.2) is 0 Å². The Balaban J connectivity index is 3.82. The van der Waals surface area contributed by atoms with Gasteiger partial charge in [-0.3, -0.25) is 4.79 Å². The summed E-state index contributed by atoms with van der Waals surface area (Å²) in [4.78, 5) is 13.4. The van der Waals surface area contributed by atoms with E-state index in [2.05, 4.69) is 26.6 Å². The summed E-state index contributed by atoms with van der Waals surface area (Å²) in [5, 5.41) is 3.19. The molecule has 2 N–H and O–H groups in total. The van der Waals surface area contributed by atoms with E-state index in [4.69, 9.17) is 11.3 Å². The molecular weight excluding hydrogens is 184 g/mol. The molecule has 0 radical (unpaired) electrons. The molecule has 0 aromatic rings. The number of nitrogens with zero attached hydrogens (tertiary/aromatic N) is 3. The highest BCUT2D eigenvalue weighted by Gasteiger charge is 2.06. The molecule has 0 saturated heterocycles. The third kappa shape index (κ3) is 6.98. The first-order chi connectivity index (χ1) is 6.70. The summed E-state index contributed by atoms with van der Waals surface area (Å²) < 4.78 is 4.67. The molecule has 1 unspecified atom stereocenters. The Morgan fingerprint density at radius 3 is 3.07 bits per heavy atom. The molecule has 0 rings (SSSR count). The highest BCUT2D eigenvalue weighted by Crippen LogP contribution is 1.90. The normalized spacial score (nSPS) is 10.4. The van der Waals surface area contributed by atoms with Gasteiger partial charge in [0, 0.05) is 4.91 Å². The Kier molecular flexibility index (Phi) is 6.96. The standard InChI is InChI=1S/C8H12N4O2/c1-2-14-8(13)6-7(9)4-3-5-11-12-10/h7H,2,5-6,9H2,1H3. The number of carbonyl (C=O) groups excluding carboxylic acids is 1. The second kappa shape index (κ2) is 7.92. The van der Waals surface area contributed by atoms with Crippen LogP contribution in [0.3, 0.4) is 0 Å². The molecule has 0 bridgehead atoms. The fourth-order valence-electron chi connectivity index (χ4n) is 0.694. The number of hydrogen-bond donors (Lipinski definition) is 1. The average molecular weight is 196 g/mol. The Bertz CT molecular complexity index is 285. The van der Waals surface area contributed by atoms with Gasteiger partial charge in [0.25, 0.3) is 0 Å². The van der Waals surface area contributed by atoms with Crippen LogP contribution >= 0.6 is 0 Å². The minimum absolute atomic E-state index is 0.0527. The van der Waals surface area contributed by atoms with Gasteiger partial charge >= 0.3 is 5.97 Å². The zero-order chi connectivity index (χ0) is 10.8. The number of esters is 1. The van der Waals surface area contributed by atoms with Crippen molar-refractivity contribution in [3.05, 3.63) is 10.4 Å². The van der Waals surface area contributed by atoms with Crippen LogP contribution in [0.5, 0.6) is 0 Å². The largest absolute Gasteiger partial charge is 0.466 e. The maximum atomic E-state index is 10.9. The molecule has 14 heavy (non-hydrogen) atoms. The zero-order valence-corrected chi connectivity index (χ0v) is 7.93. The molecule has 0 aliphatic heterocycles. The fourth-order valence-corrected chi connectivity index (χ4v) is 0.694. The van der Waals surface area contributed by atoms with Crippen molar-refractivity contribution in [3.8, 4) is 11.8 Å². The van der Waals surface area contributed by atoms with Gasteiger partial charge in [0.15, 0.2) is 0 Å². The van der Waals surface area contributed by atoms with Crippen LogP contribution < -0.4 is 5.73 Å². The first kappa shape index (κ1) is 12.3. The minimum atomic E-state index is -0.567. The van der Waals surface area contributed by atoms with Gasteiger partial charge < -0.3 is 10.5 Å². The van der Waals surface area contributed by atoms with Gasteiger partial charge in [-0.15, -0.1) is 0 Å². The quantitative estimate of drug-likeness (QED) is 0.234. The number of azide groups is 1. The second-order valence-electron chi connectivity index (χ2n) is 2.33. The Labute approximate surface area is 82.0 Å². The molecule has 0 fully saturated rings. The van der Waals surface area contributed by atoms with Gasteiger partial charge in [-0.1, -0.05) is 17.0 Å². The van der Waals surface area contributed by atoms with Crippen LogP contribution in [0.4, 0.5) is 0 Å². The molecule has 0 spiro atoms. The number of ether oxygens (including phenoxy) is 1. The third-order valence-electron chi connectivity index (χ3n) is 1.19. The van der Waals surface area contributed by atoms with E-state index < -0.39 is 6.04 Å². The van der Waals surface area contributed by atoms with Crippen LogP contribution in [-0.2, 0) is 9.53 Å². The molecule has 6 nitrogen and oxygen atoms in total. The van der Waals surface area contributed by atoms with Crippen molar-refractivity contribution in [2.45, 2.75) is 19.4 Å². The molecule has 0 aromatic heterocycles. The zero-order valence-electron chi connectivity index (χ0n) is 7.93. The van der Waals surface area contributed by atoms with E-state index in [0.29, 0.717) is 6.61 Å². The molecule has 0 aliphatic rings. The lowest BCUT2D eigenvalue weighted by atomic mass is 10.2. The molecule has 0 aliphatic carbocycles. The Hall–Kier alpha value is -1.70. The molecule has 76 valence electrons. The van der Waals surface area contributed by atoms with E-state index in [1.807, 2.05) is 0 Å². The van der Waals surface area contributed by atoms with Crippen molar-refractivity contribution in [2.75, 3.05) is 13.2 Å². The highest BCUT2D eigenvalue weighted by atomic mass is 16.5. The van der Waals surface area contributed by atoms with Gasteiger partial charge in [0.05, 0.1) is 25.6 Å². The van der Waals surface area contributed by atoms with E-state index in [1.54, 1.807) is 6.92 Å². The molecule has 0 saturated carbocycles. The van der Waals surface area contributed by atoms with Gasteiger partial charge in [0.2, 0.25) is 0 Å². The van der Waals surface area contributed by atoms with Crippen LogP contribution in [0.25, 0.3) is 10.4 Å². The smallest absolute Gasteiger partial charge is 0.308 e. The highest BCUT2D eigenvalue weighted by molar-refractivity contribution is 5.70. The van der Waals surface area contributed by atoms with Crippen molar-refractivity contribution in [1.29, 1.82) is 0 Å². The summed E-state index contributed by atoms with van der Waals surface area (Å²) in [6.45, 7) is 2.11. The second-order valence-corrected chi connectivity index (χ2v) is 2.33. The monoisotopic (exact) mass is 196 g/mol. The lowest BCUT2D eigenvalue weighted by Crippen LogP contribution is -2.23. The SMILES string of the molecule is CCOC(=O)CC(N)C#CCN=[N+]=[N-]. The summed E-state index contributed by atoms with van der Waals surface area (Å²) >= 11 is 0. The van der Waals surface area contributed by atoms with Crippen LogP contribution in [0, 0.1) is 11.8 Å². The number of carbonyl (C=O) groups is 1. The topological polar surface area (TPSA) is 101 Å². The fraction of sp³-hybridized carbons (Fsp3) is 0.625. The lowest BCUT2D eigenvalue weighted by molar-refractivity contribution is -0.143. The van der Waals surface area contributed by atoms with Crippen LogP contribution in [-0.4, -0.2) is 25.2 Å². The first-order valence-electron chi connectivity index (χ1n) is 4.11. The van der Waals surface area contributed by atoms with Crippen molar-refractivity contribution in [3.63, 3.8) is 0 Å². The summed E-state index contributed by atoms with van der Waals surface area (Å²) in [6.07, 6.45) is 0.0527. The van der Waals surface area contributed by atoms with Crippen LogP contribution in [0.1, 0.15) is 13.3 Å². The van der Waals surface area contributed by atoms with Crippen LogP contribution in [0.15, 0.2) is 5.11 Å². The van der Waals surface area contributed by atoms with Crippen molar-refractivity contribution >= 4 is 5.97 Å². The van der Waals surface area contributed by atoms with E-state index in [0.717, 1.165) is 0 Å². The molecular formula is C8H12N4O2. The summed E-state index contributed by atoms with van der Waals surface area (Å²) in [5.41, 5.74) is 13.4. The van der Waals surface area contributed by atoms with Crippen molar-refractivity contribution in [1.82, 2.24) is 0 Å². The molecule has 0 heterocycles. The maximum Gasteiger partial charge on any atom is 0.308 e. The number of hydrogen-bond acceptors (Lipinski definition) is 4. The average Bonchev–Trinajstić information content (AvgIpc) is 2.13. The van der Waals surface area contributed by atoms with Gasteiger partial charge in [0.1, 0.15) is 0 Å².